The fourth-order valence-electron chi connectivity index (χ4n) is 2.58. The first-order valence-electron chi connectivity index (χ1n) is 6.31. The van der Waals surface area contributed by atoms with E-state index in [1.807, 2.05) is 0 Å². The second-order valence-electron chi connectivity index (χ2n) is 4.94. The molecule has 7 nitrogen and oxygen atoms in total. The van der Waals surface area contributed by atoms with Crippen molar-refractivity contribution in [2.75, 3.05) is 6.54 Å². The van der Waals surface area contributed by atoms with Crippen molar-refractivity contribution in [2.24, 2.45) is 5.92 Å². The third-order valence-electron chi connectivity index (χ3n) is 3.61. The number of rotatable bonds is 3. The lowest BCUT2D eigenvalue weighted by atomic mass is 10.0. The number of para-hydroxylation sites is 1. The van der Waals surface area contributed by atoms with Gasteiger partial charge in [-0.25, -0.2) is 4.79 Å². The molecule has 112 valence electrons. The molecule has 1 aromatic carbocycles. The van der Waals surface area contributed by atoms with Gasteiger partial charge >= 0.3 is 11.7 Å². The molecule has 0 bridgehead atoms. The highest BCUT2D eigenvalue weighted by molar-refractivity contribution is 6.33. The number of carbonyl (C=O) groups excluding carboxylic acids is 1. The molecule has 1 fully saturated rings. The van der Waals surface area contributed by atoms with Crippen LogP contribution in [0.3, 0.4) is 0 Å². The molecule has 1 aromatic rings. The summed E-state index contributed by atoms with van der Waals surface area (Å²) < 4.78 is 0. The molecule has 2 atom stereocenters. The van der Waals surface area contributed by atoms with Gasteiger partial charge in [0.25, 0.3) is 5.91 Å². The quantitative estimate of drug-likeness (QED) is 0.681. The zero-order valence-electron chi connectivity index (χ0n) is 11.2. The molecule has 2 unspecified atom stereocenters. The number of amides is 1. The Morgan fingerprint density at radius 1 is 1.48 bits per heavy atom. The van der Waals surface area contributed by atoms with Gasteiger partial charge in [0, 0.05) is 6.54 Å². The van der Waals surface area contributed by atoms with Crippen LogP contribution >= 0.6 is 11.6 Å². The van der Waals surface area contributed by atoms with Crippen LogP contribution in [-0.4, -0.2) is 39.4 Å². The Morgan fingerprint density at radius 2 is 2.14 bits per heavy atom. The first-order chi connectivity index (χ1) is 9.84. The second kappa shape index (κ2) is 5.69. The van der Waals surface area contributed by atoms with Crippen LogP contribution in [-0.2, 0) is 4.79 Å². The van der Waals surface area contributed by atoms with Crippen molar-refractivity contribution in [1.82, 2.24) is 4.90 Å². The first-order valence-corrected chi connectivity index (χ1v) is 6.69. The number of carbonyl (C=O) groups is 2. The van der Waals surface area contributed by atoms with E-state index in [1.54, 1.807) is 6.92 Å². The van der Waals surface area contributed by atoms with Gasteiger partial charge < -0.3 is 10.0 Å². The fraction of sp³-hybridized carbons (Fsp3) is 0.385. The van der Waals surface area contributed by atoms with E-state index in [9.17, 15) is 24.8 Å². The predicted molar refractivity (Wildman–Crippen MR) is 74.3 cm³/mol. The molecule has 1 aliphatic rings. The second-order valence-corrected chi connectivity index (χ2v) is 5.35. The van der Waals surface area contributed by atoms with Gasteiger partial charge in [-0.3, -0.25) is 14.9 Å². The number of carboxylic acids is 1. The van der Waals surface area contributed by atoms with Crippen molar-refractivity contribution < 1.29 is 19.6 Å². The summed E-state index contributed by atoms with van der Waals surface area (Å²) in [5, 5.41) is 20.2. The SMILES string of the molecule is CC1CCN(C(=O)c2cccc(Cl)c2[N+](=O)[O-])C1C(=O)O. The zero-order valence-corrected chi connectivity index (χ0v) is 11.9. The highest BCUT2D eigenvalue weighted by atomic mass is 35.5. The van der Waals surface area contributed by atoms with Crippen LogP contribution in [0.4, 0.5) is 5.69 Å². The maximum Gasteiger partial charge on any atom is 0.326 e. The third kappa shape index (κ3) is 2.69. The average molecular weight is 313 g/mol. The smallest absolute Gasteiger partial charge is 0.326 e. The molecule has 0 saturated carbocycles. The number of aliphatic carboxylic acids is 1. The Labute approximate surface area is 125 Å². The monoisotopic (exact) mass is 312 g/mol. The summed E-state index contributed by atoms with van der Waals surface area (Å²) in [6, 6.07) is 3.06. The summed E-state index contributed by atoms with van der Waals surface area (Å²) in [5.41, 5.74) is -0.680. The van der Waals surface area contributed by atoms with Crippen molar-refractivity contribution >= 4 is 29.2 Å². The molecule has 0 aliphatic carbocycles. The molecule has 1 heterocycles. The van der Waals surface area contributed by atoms with E-state index in [-0.39, 0.29) is 23.0 Å². The Balaban J connectivity index is 2.44. The third-order valence-corrected chi connectivity index (χ3v) is 3.92. The van der Waals surface area contributed by atoms with Crippen LogP contribution in [0.5, 0.6) is 0 Å². The lowest BCUT2D eigenvalue weighted by Crippen LogP contribution is -2.42. The van der Waals surface area contributed by atoms with Gasteiger partial charge in [-0.2, -0.15) is 0 Å². The average Bonchev–Trinajstić information content (AvgIpc) is 2.79. The molecule has 1 amide bonds. The van der Waals surface area contributed by atoms with Crippen molar-refractivity contribution in [3.05, 3.63) is 38.9 Å². The number of carboxylic acid groups (broad SMARTS) is 1. The number of hydrogen-bond donors (Lipinski definition) is 1. The van der Waals surface area contributed by atoms with E-state index < -0.39 is 28.5 Å². The number of halogens is 1. The zero-order chi connectivity index (χ0) is 15.7. The molecule has 8 heteroatoms. The molecular formula is C13H13ClN2O5. The van der Waals surface area contributed by atoms with Gasteiger partial charge in [-0.15, -0.1) is 0 Å². The van der Waals surface area contributed by atoms with E-state index >= 15 is 0 Å². The molecule has 0 spiro atoms. The molecule has 0 aromatic heterocycles. The van der Waals surface area contributed by atoms with E-state index in [2.05, 4.69) is 0 Å². The Bertz CT molecular complexity index is 619. The highest BCUT2D eigenvalue weighted by Crippen LogP contribution is 2.32. The van der Waals surface area contributed by atoms with E-state index in [0.717, 1.165) is 4.90 Å². The van der Waals surface area contributed by atoms with Gasteiger partial charge in [-0.05, 0) is 24.5 Å². The van der Waals surface area contributed by atoms with Gasteiger partial charge in [-0.1, -0.05) is 24.6 Å². The van der Waals surface area contributed by atoms with Gasteiger partial charge in [0.05, 0.1) is 4.92 Å². The molecule has 1 saturated heterocycles. The van der Waals surface area contributed by atoms with Crippen molar-refractivity contribution in [2.45, 2.75) is 19.4 Å². The largest absolute Gasteiger partial charge is 0.480 e. The molecular weight excluding hydrogens is 300 g/mol. The van der Waals surface area contributed by atoms with Gasteiger partial charge in [0.2, 0.25) is 0 Å². The normalized spacial score (nSPS) is 21.3. The number of benzene rings is 1. The van der Waals surface area contributed by atoms with Crippen LogP contribution in [0.15, 0.2) is 18.2 Å². The summed E-state index contributed by atoms with van der Waals surface area (Å²) in [4.78, 5) is 35.3. The summed E-state index contributed by atoms with van der Waals surface area (Å²) >= 11 is 5.77. The van der Waals surface area contributed by atoms with Crippen molar-refractivity contribution in [1.29, 1.82) is 0 Å². The summed E-state index contributed by atoms with van der Waals surface area (Å²) in [6.07, 6.45) is 0.539. The minimum Gasteiger partial charge on any atom is -0.480 e. The van der Waals surface area contributed by atoms with Gasteiger partial charge in [0.1, 0.15) is 16.6 Å². The predicted octanol–water partition coefficient (Wildman–Crippen LogP) is 2.18. The van der Waals surface area contributed by atoms with E-state index in [0.29, 0.717) is 6.42 Å². The van der Waals surface area contributed by atoms with Crippen LogP contribution in [0.1, 0.15) is 23.7 Å². The molecule has 1 N–H and O–H groups in total. The minimum absolute atomic E-state index is 0.148. The highest BCUT2D eigenvalue weighted by Gasteiger charge is 2.41. The van der Waals surface area contributed by atoms with E-state index in [4.69, 9.17) is 11.6 Å². The number of nitrogens with zero attached hydrogens (tertiary/aromatic N) is 2. The maximum absolute atomic E-state index is 12.5. The summed E-state index contributed by atoms with van der Waals surface area (Å²) in [7, 11) is 0. The molecule has 0 radical (unpaired) electrons. The maximum atomic E-state index is 12.5. The number of nitro benzene ring substituents is 1. The molecule has 1 aliphatic heterocycles. The number of likely N-dealkylation sites (tertiary alicyclic amines) is 1. The van der Waals surface area contributed by atoms with Crippen molar-refractivity contribution in [3.8, 4) is 0 Å². The van der Waals surface area contributed by atoms with Crippen LogP contribution in [0.25, 0.3) is 0 Å². The number of nitro groups is 1. The lowest BCUT2D eigenvalue weighted by molar-refractivity contribution is -0.385. The fourth-order valence-corrected chi connectivity index (χ4v) is 2.82. The van der Waals surface area contributed by atoms with Crippen LogP contribution in [0, 0.1) is 16.0 Å². The Hall–Kier alpha value is -2.15. The summed E-state index contributed by atoms with van der Waals surface area (Å²) in [6.45, 7) is 1.99. The van der Waals surface area contributed by atoms with Crippen molar-refractivity contribution in [3.63, 3.8) is 0 Å². The molecule has 2 rings (SSSR count). The molecule has 21 heavy (non-hydrogen) atoms. The minimum atomic E-state index is -1.11. The van der Waals surface area contributed by atoms with Gasteiger partial charge in [0.15, 0.2) is 0 Å². The van der Waals surface area contributed by atoms with Crippen LogP contribution in [0.2, 0.25) is 5.02 Å². The number of hydrogen-bond acceptors (Lipinski definition) is 4. The van der Waals surface area contributed by atoms with Crippen LogP contribution < -0.4 is 0 Å². The first kappa shape index (κ1) is 15.2. The summed E-state index contributed by atoms with van der Waals surface area (Å²) in [5.74, 6) is -2.00. The van der Waals surface area contributed by atoms with E-state index in [1.165, 1.54) is 18.2 Å². The Morgan fingerprint density at radius 3 is 2.71 bits per heavy atom. The topological polar surface area (TPSA) is 101 Å². The standard InChI is InChI=1S/C13H13ClN2O5/c1-7-5-6-15(10(7)13(18)19)12(17)8-3-2-4-9(14)11(8)16(20)21/h2-4,7,10H,5-6H2,1H3,(H,18,19). The lowest BCUT2D eigenvalue weighted by Gasteiger charge is -2.23. The Kier molecular flexibility index (Phi) is 4.13.